The van der Waals surface area contributed by atoms with Gasteiger partial charge in [0.2, 0.25) is 4.96 Å². The Bertz CT molecular complexity index is 1070. The number of halogens is 2. The Morgan fingerprint density at radius 3 is 2.72 bits per heavy atom. The van der Waals surface area contributed by atoms with Crippen LogP contribution in [0.15, 0.2) is 53.9 Å². The normalized spacial score (nSPS) is 11.0. The van der Waals surface area contributed by atoms with Gasteiger partial charge in [-0.25, -0.2) is 4.52 Å². The third-order valence-corrected chi connectivity index (χ3v) is 4.93. The molecule has 0 aliphatic heterocycles. The SMILES string of the molecule is O=C(Nc1nc2scc(-c3cc(Cl)ccc3Cl)n2n1)c1ccccc1. The van der Waals surface area contributed by atoms with Gasteiger partial charge in [-0.3, -0.25) is 10.1 Å². The molecule has 2 heterocycles. The molecule has 0 saturated heterocycles. The molecular formula is C17H10Cl2N4OS. The number of hydrogen-bond acceptors (Lipinski definition) is 4. The van der Waals surface area contributed by atoms with Crippen LogP contribution in [0, 0.1) is 0 Å². The molecule has 2 aromatic heterocycles. The van der Waals surface area contributed by atoms with Crippen LogP contribution in [-0.2, 0) is 0 Å². The van der Waals surface area contributed by atoms with Crippen LogP contribution in [0.3, 0.4) is 0 Å². The molecule has 4 rings (SSSR count). The van der Waals surface area contributed by atoms with Crippen molar-refractivity contribution in [2.45, 2.75) is 0 Å². The minimum absolute atomic E-state index is 0.236. The first-order valence-electron chi connectivity index (χ1n) is 7.28. The Kier molecular flexibility index (Phi) is 4.17. The highest BCUT2D eigenvalue weighted by Crippen LogP contribution is 2.33. The highest BCUT2D eigenvalue weighted by molar-refractivity contribution is 7.15. The lowest BCUT2D eigenvalue weighted by Gasteiger charge is -2.03. The predicted octanol–water partition coefficient (Wildman–Crippen LogP) is 5.02. The smallest absolute Gasteiger partial charge is 0.258 e. The maximum atomic E-state index is 12.2. The number of aromatic nitrogens is 3. The molecule has 25 heavy (non-hydrogen) atoms. The van der Waals surface area contributed by atoms with Gasteiger partial charge in [0.1, 0.15) is 0 Å². The number of fused-ring (bicyclic) bond motifs is 1. The number of anilines is 1. The van der Waals surface area contributed by atoms with E-state index in [0.29, 0.717) is 20.6 Å². The van der Waals surface area contributed by atoms with Crippen LogP contribution >= 0.6 is 34.5 Å². The fraction of sp³-hybridized carbons (Fsp3) is 0. The second-order valence-corrected chi connectivity index (χ2v) is 6.88. The summed E-state index contributed by atoms with van der Waals surface area (Å²) in [6.45, 7) is 0. The summed E-state index contributed by atoms with van der Waals surface area (Å²) in [7, 11) is 0. The molecule has 1 amide bonds. The Morgan fingerprint density at radius 1 is 1.12 bits per heavy atom. The van der Waals surface area contributed by atoms with E-state index in [0.717, 1.165) is 11.3 Å². The first-order chi connectivity index (χ1) is 12.1. The lowest BCUT2D eigenvalue weighted by Crippen LogP contribution is -2.12. The molecule has 8 heteroatoms. The minimum atomic E-state index is -0.263. The van der Waals surface area contributed by atoms with Crippen LogP contribution in [0.2, 0.25) is 10.0 Å². The molecule has 0 atom stereocenters. The number of nitrogens with one attached hydrogen (secondary N) is 1. The third kappa shape index (κ3) is 3.11. The topological polar surface area (TPSA) is 59.3 Å². The molecule has 0 unspecified atom stereocenters. The highest BCUT2D eigenvalue weighted by atomic mass is 35.5. The number of benzene rings is 2. The van der Waals surface area contributed by atoms with Crippen molar-refractivity contribution >= 4 is 51.4 Å². The van der Waals surface area contributed by atoms with E-state index in [9.17, 15) is 4.79 Å². The zero-order valence-electron chi connectivity index (χ0n) is 12.6. The summed E-state index contributed by atoms with van der Waals surface area (Å²) < 4.78 is 1.64. The number of thiazole rings is 1. The van der Waals surface area contributed by atoms with E-state index in [1.165, 1.54) is 11.3 Å². The molecule has 0 radical (unpaired) electrons. The molecule has 2 aromatic carbocycles. The molecule has 0 bridgehead atoms. The van der Waals surface area contributed by atoms with E-state index in [-0.39, 0.29) is 11.9 Å². The van der Waals surface area contributed by atoms with Crippen molar-refractivity contribution in [1.82, 2.24) is 14.6 Å². The van der Waals surface area contributed by atoms with Crippen LogP contribution in [0.1, 0.15) is 10.4 Å². The van der Waals surface area contributed by atoms with E-state index in [1.807, 2.05) is 11.4 Å². The van der Waals surface area contributed by atoms with Crippen molar-refractivity contribution in [2.24, 2.45) is 0 Å². The molecule has 4 aromatic rings. The summed E-state index contributed by atoms with van der Waals surface area (Å²) in [6.07, 6.45) is 0. The molecule has 0 aliphatic carbocycles. The third-order valence-electron chi connectivity index (χ3n) is 3.55. The average Bonchev–Trinajstić information content (AvgIpc) is 3.18. The lowest BCUT2D eigenvalue weighted by atomic mass is 10.2. The standard InChI is InChI=1S/C17H10Cl2N4OS/c18-11-6-7-13(19)12(8-11)14-9-25-17-21-16(22-23(14)17)20-15(24)10-4-2-1-3-5-10/h1-9H,(H,20,22,24). The minimum Gasteiger partial charge on any atom is -0.289 e. The van der Waals surface area contributed by atoms with Gasteiger partial charge in [0.05, 0.1) is 10.7 Å². The van der Waals surface area contributed by atoms with Crippen molar-refractivity contribution in [3.63, 3.8) is 0 Å². The van der Waals surface area contributed by atoms with Crippen molar-refractivity contribution in [2.75, 3.05) is 5.32 Å². The van der Waals surface area contributed by atoms with E-state index in [4.69, 9.17) is 23.2 Å². The number of carbonyl (C=O) groups excluding carboxylic acids is 1. The molecule has 0 fully saturated rings. The maximum Gasteiger partial charge on any atom is 0.258 e. The molecule has 1 N–H and O–H groups in total. The van der Waals surface area contributed by atoms with Crippen molar-refractivity contribution < 1.29 is 4.79 Å². The van der Waals surface area contributed by atoms with E-state index in [2.05, 4.69) is 15.4 Å². The molecular weight excluding hydrogens is 379 g/mol. The average molecular weight is 389 g/mol. The van der Waals surface area contributed by atoms with Gasteiger partial charge in [0.15, 0.2) is 0 Å². The number of amides is 1. The second kappa shape index (κ2) is 6.48. The molecule has 0 spiro atoms. The van der Waals surface area contributed by atoms with Crippen LogP contribution in [0.4, 0.5) is 5.95 Å². The summed E-state index contributed by atoms with van der Waals surface area (Å²) in [5.41, 5.74) is 2.06. The predicted molar refractivity (Wildman–Crippen MR) is 101 cm³/mol. The van der Waals surface area contributed by atoms with Crippen LogP contribution < -0.4 is 5.32 Å². The first-order valence-corrected chi connectivity index (χ1v) is 8.91. The highest BCUT2D eigenvalue weighted by Gasteiger charge is 2.16. The van der Waals surface area contributed by atoms with Gasteiger partial charge in [0.25, 0.3) is 11.9 Å². The fourth-order valence-corrected chi connectivity index (χ4v) is 3.59. The van der Waals surface area contributed by atoms with E-state index in [1.54, 1.807) is 47.0 Å². The van der Waals surface area contributed by atoms with Crippen molar-refractivity contribution in [3.05, 3.63) is 69.5 Å². The zero-order chi connectivity index (χ0) is 17.4. The van der Waals surface area contributed by atoms with Crippen molar-refractivity contribution in [3.8, 4) is 11.3 Å². The van der Waals surface area contributed by atoms with Crippen molar-refractivity contribution in [1.29, 1.82) is 0 Å². The first kappa shape index (κ1) is 16.1. The number of carbonyl (C=O) groups is 1. The van der Waals surface area contributed by atoms with Gasteiger partial charge < -0.3 is 0 Å². The summed E-state index contributed by atoms with van der Waals surface area (Å²) in [5, 5.41) is 10.1. The molecule has 5 nitrogen and oxygen atoms in total. The monoisotopic (exact) mass is 388 g/mol. The molecule has 0 saturated carbocycles. The van der Waals surface area contributed by atoms with Crippen LogP contribution in [0.25, 0.3) is 16.2 Å². The van der Waals surface area contributed by atoms with Crippen LogP contribution in [0.5, 0.6) is 0 Å². The number of nitrogens with zero attached hydrogens (tertiary/aromatic N) is 3. The van der Waals surface area contributed by atoms with E-state index < -0.39 is 0 Å². The summed E-state index contributed by atoms with van der Waals surface area (Å²) in [6, 6.07) is 14.1. The van der Waals surface area contributed by atoms with Gasteiger partial charge in [-0.15, -0.1) is 16.4 Å². The zero-order valence-corrected chi connectivity index (χ0v) is 14.9. The van der Waals surface area contributed by atoms with Gasteiger partial charge in [-0.05, 0) is 30.3 Å². The Morgan fingerprint density at radius 2 is 1.92 bits per heavy atom. The Balaban J connectivity index is 1.69. The van der Waals surface area contributed by atoms with Crippen LogP contribution in [-0.4, -0.2) is 20.5 Å². The second-order valence-electron chi connectivity index (χ2n) is 5.20. The quantitative estimate of drug-likeness (QED) is 0.536. The van der Waals surface area contributed by atoms with Gasteiger partial charge >= 0.3 is 0 Å². The number of hydrogen-bond donors (Lipinski definition) is 1. The van der Waals surface area contributed by atoms with Gasteiger partial charge in [-0.1, -0.05) is 41.4 Å². The number of rotatable bonds is 3. The molecule has 124 valence electrons. The fourth-order valence-electron chi connectivity index (χ4n) is 2.38. The summed E-state index contributed by atoms with van der Waals surface area (Å²) >= 11 is 13.7. The molecule has 0 aliphatic rings. The summed E-state index contributed by atoms with van der Waals surface area (Å²) in [4.78, 5) is 17.2. The van der Waals surface area contributed by atoms with Gasteiger partial charge in [-0.2, -0.15) is 4.98 Å². The maximum absolute atomic E-state index is 12.2. The van der Waals surface area contributed by atoms with E-state index >= 15 is 0 Å². The lowest BCUT2D eigenvalue weighted by molar-refractivity contribution is 0.102. The Labute approximate surface area is 156 Å². The van der Waals surface area contributed by atoms with Gasteiger partial charge in [0, 0.05) is 21.5 Å². The summed E-state index contributed by atoms with van der Waals surface area (Å²) in [5.74, 6) is -0.0266. The Hall–Kier alpha value is -2.41. The largest absolute Gasteiger partial charge is 0.289 e.